The maximum absolute atomic E-state index is 12.6. The first-order chi connectivity index (χ1) is 14.5. The minimum absolute atomic E-state index is 0.0477. The highest BCUT2D eigenvalue weighted by atomic mass is 32.2. The lowest BCUT2D eigenvalue weighted by molar-refractivity contribution is -0.116. The summed E-state index contributed by atoms with van der Waals surface area (Å²) in [6.45, 7) is 8.22. The molecule has 1 aliphatic rings. The number of nitrogens with zero attached hydrogens (tertiary/aromatic N) is 1. The van der Waals surface area contributed by atoms with Crippen molar-refractivity contribution in [2.45, 2.75) is 57.5 Å². The molecule has 0 saturated carbocycles. The monoisotopic (exact) mass is 446 g/mol. The molecule has 0 radical (unpaired) electrons. The second-order valence-corrected chi connectivity index (χ2v) is 9.83. The van der Waals surface area contributed by atoms with Crippen LogP contribution < -0.4 is 5.32 Å². The third kappa shape index (κ3) is 5.86. The van der Waals surface area contributed by atoms with Crippen molar-refractivity contribution in [3.8, 4) is 0 Å². The van der Waals surface area contributed by atoms with E-state index in [1.54, 1.807) is 18.7 Å². The van der Waals surface area contributed by atoms with Crippen molar-refractivity contribution in [1.29, 1.82) is 0 Å². The number of hydrogen-bond acceptors (Lipinski definition) is 6. The number of fused-ring (bicyclic) bond motifs is 1. The lowest BCUT2D eigenvalue weighted by Crippen LogP contribution is -2.35. The molecule has 2 heterocycles. The summed E-state index contributed by atoms with van der Waals surface area (Å²) in [7, 11) is 0. The van der Waals surface area contributed by atoms with Crippen molar-refractivity contribution in [2.24, 2.45) is 0 Å². The predicted octanol–water partition coefficient (Wildman–Crippen LogP) is 5.20. The van der Waals surface area contributed by atoms with Crippen LogP contribution in [0.15, 0.2) is 35.2 Å². The third-order valence-electron chi connectivity index (χ3n) is 5.11. The van der Waals surface area contributed by atoms with Crippen molar-refractivity contribution in [3.63, 3.8) is 0 Å². The summed E-state index contributed by atoms with van der Waals surface area (Å²) in [6.07, 6.45) is 2.02. The number of rotatable bonds is 9. The van der Waals surface area contributed by atoms with Crippen LogP contribution in [-0.4, -0.2) is 41.7 Å². The number of hydrogen-bond donors (Lipinski definition) is 1. The van der Waals surface area contributed by atoms with Crippen LogP contribution in [0.3, 0.4) is 0 Å². The Kier molecular flexibility index (Phi) is 8.36. The zero-order valence-electron chi connectivity index (χ0n) is 17.9. The zero-order chi connectivity index (χ0) is 21.5. The Balaban J connectivity index is 1.63. The molecule has 0 bridgehead atoms. The van der Waals surface area contributed by atoms with Crippen LogP contribution in [0, 0.1) is 0 Å². The molecule has 162 valence electrons. The highest BCUT2D eigenvalue weighted by molar-refractivity contribution is 7.99. The van der Waals surface area contributed by atoms with E-state index in [2.05, 4.69) is 36.2 Å². The number of carbonyl (C=O) groups excluding carboxylic acids is 2. The molecule has 0 aliphatic carbocycles. The van der Waals surface area contributed by atoms with Crippen LogP contribution >= 0.6 is 23.1 Å². The first kappa shape index (κ1) is 22.8. The molecule has 1 aromatic carbocycles. The number of amides is 1. The van der Waals surface area contributed by atoms with Gasteiger partial charge in [0.1, 0.15) is 5.00 Å². The van der Waals surface area contributed by atoms with Gasteiger partial charge in [-0.1, -0.05) is 18.2 Å². The summed E-state index contributed by atoms with van der Waals surface area (Å²) in [5, 5.41) is 3.64. The van der Waals surface area contributed by atoms with Gasteiger partial charge in [-0.15, -0.1) is 23.1 Å². The number of thiophene rings is 1. The maximum Gasteiger partial charge on any atom is 0.341 e. The quantitative estimate of drug-likeness (QED) is 0.326. The van der Waals surface area contributed by atoms with Crippen molar-refractivity contribution in [1.82, 2.24) is 4.90 Å². The smallest absolute Gasteiger partial charge is 0.341 e. The van der Waals surface area contributed by atoms with Gasteiger partial charge in [-0.3, -0.25) is 9.69 Å². The summed E-state index contributed by atoms with van der Waals surface area (Å²) >= 11 is 3.27. The fourth-order valence-corrected chi connectivity index (χ4v) is 5.65. The van der Waals surface area contributed by atoms with Crippen molar-refractivity contribution in [3.05, 3.63) is 46.3 Å². The zero-order valence-corrected chi connectivity index (χ0v) is 19.5. The Bertz CT molecular complexity index is 865. The van der Waals surface area contributed by atoms with Crippen LogP contribution in [0.5, 0.6) is 0 Å². The SMILES string of the molecule is CCOC(=O)c1c(NC(=O)CCCSc2ccccc2)sc2c1CCN(C(C)C)C2. The molecule has 0 atom stereocenters. The van der Waals surface area contributed by atoms with E-state index in [1.807, 2.05) is 18.2 Å². The molecule has 30 heavy (non-hydrogen) atoms. The van der Waals surface area contributed by atoms with Crippen LogP contribution in [0.2, 0.25) is 0 Å². The van der Waals surface area contributed by atoms with E-state index in [0.717, 1.165) is 42.1 Å². The van der Waals surface area contributed by atoms with E-state index >= 15 is 0 Å². The first-order valence-corrected chi connectivity index (χ1v) is 12.3. The summed E-state index contributed by atoms with van der Waals surface area (Å²) in [5.41, 5.74) is 1.61. The standard InChI is InChI=1S/C23H30N2O3S2/c1-4-28-23(27)21-18-12-13-25(16(2)3)15-19(18)30-22(21)24-20(26)11-8-14-29-17-9-6-5-7-10-17/h5-7,9-10,16H,4,8,11-15H2,1-3H3,(H,24,26). The topological polar surface area (TPSA) is 58.6 Å². The highest BCUT2D eigenvalue weighted by Crippen LogP contribution is 2.38. The molecule has 5 nitrogen and oxygen atoms in total. The number of thioether (sulfide) groups is 1. The fourth-order valence-electron chi connectivity index (χ4n) is 3.50. The van der Waals surface area contributed by atoms with Gasteiger partial charge in [0, 0.05) is 35.3 Å². The number of carbonyl (C=O) groups is 2. The molecule has 1 aromatic heterocycles. The van der Waals surface area contributed by atoms with Gasteiger partial charge in [0.2, 0.25) is 5.91 Å². The van der Waals surface area contributed by atoms with E-state index in [4.69, 9.17) is 4.74 Å². The normalized spacial score (nSPS) is 13.9. The summed E-state index contributed by atoms with van der Waals surface area (Å²) in [5.74, 6) is 0.503. The molecule has 3 rings (SSSR count). The van der Waals surface area contributed by atoms with Crippen LogP contribution in [0.25, 0.3) is 0 Å². The maximum atomic E-state index is 12.6. The number of benzene rings is 1. The molecule has 7 heteroatoms. The Morgan fingerprint density at radius 1 is 1.27 bits per heavy atom. The summed E-state index contributed by atoms with van der Waals surface area (Å²) < 4.78 is 5.30. The van der Waals surface area contributed by atoms with Gasteiger partial charge in [-0.05, 0) is 57.1 Å². The molecule has 1 N–H and O–H groups in total. The largest absolute Gasteiger partial charge is 0.462 e. The Labute approximate surface area is 187 Å². The first-order valence-electron chi connectivity index (χ1n) is 10.5. The second kappa shape index (κ2) is 11.0. The molecule has 1 amide bonds. The Hall–Kier alpha value is -1.83. The molecular formula is C23H30N2O3S2. The lowest BCUT2D eigenvalue weighted by atomic mass is 10.0. The van der Waals surface area contributed by atoms with Gasteiger partial charge < -0.3 is 10.1 Å². The highest BCUT2D eigenvalue weighted by Gasteiger charge is 2.30. The third-order valence-corrected chi connectivity index (χ3v) is 7.34. The summed E-state index contributed by atoms with van der Waals surface area (Å²) in [6, 6.07) is 10.6. The van der Waals surface area contributed by atoms with Gasteiger partial charge in [0.05, 0.1) is 12.2 Å². The minimum atomic E-state index is -0.331. The molecule has 0 unspecified atom stereocenters. The number of nitrogens with one attached hydrogen (secondary N) is 1. The average molecular weight is 447 g/mol. The molecule has 0 saturated heterocycles. The minimum Gasteiger partial charge on any atom is -0.462 e. The predicted molar refractivity (Wildman–Crippen MR) is 125 cm³/mol. The summed E-state index contributed by atoms with van der Waals surface area (Å²) in [4.78, 5) is 30.0. The van der Waals surface area contributed by atoms with Crippen LogP contribution in [0.4, 0.5) is 5.00 Å². The lowest BCUT2D eigenvalue weighted by Gasteiger charge is -2.30. The van der Waals surface area contributed by atoms with E-state index in [1.165, 1.54) is 16.2 Å². The van der Waals surface area contributed by atoms with E-state index < -0.39 is 0 Å². The number of anilines is 1. The van der Waals surface area contributed by atoms with E-state index in [0.29, 0.717) is 29.6 Å². The molecule has 1 aliphatic heterocycles. The fraction of sp³-hybridized carbons (Fsp3) is 0.478. The van der Waals surface area contributed by atoms with E-state index in [-0.39, 0.29) is 11.9 Å². The van der Waals surface area contributed by atoms with Crippen LogP contribution in [-0.2, 0) is 22.5 Å². The molecule has 2 aromatic rings. The molecule has 0 spiro atoms. The van der Waals surface area contributed by atoms with Gasteiger partial charge in [0.15, 0.2) is 0 Å². The molecule has 0 fully saturated rings. The Morgan fingerprint density at radius 3 is 2.73 bits per heavy atom. The van der Waals surface area contributed by atoms with Crippen molar-refractivity contribution < 1.29 is 14.3 Å². The van der Waals surface area contributed by atoms with E-state index in [9.17, 15) is 9.59 Å². The average Bonchev–Trinajstić information content (AvgIpc) is 3.09. The van der Waals surface area contributed by atoms with Gasteiger partial charge in [-0.25, -0.2) is 4.79 Å². The van der Waals surface area contributed by atoms with Gasteiger partial charge >= 0.3 is 5.97 Å². The van der Waals surface area contributed by atoms with Crippen molar-refractivity contribution in [2.75, 3.05) is 24.2 Å². The molecular weight excluding hydrogens is 416 g/mol. The van der Waals surface area contributed by atoms with Gasteiger partial charge in [0.25, 0.3) is 0 Å². The second-order valence-electron chi connectivity index (χ2n) is 7.56. The Morgan fingerprint density at radius 2 is 2.03 bits per heavy atom. The van der Waals surface area contributed by atoms with Crippen molar-refractivity contribution >= 4 is 40.0 Å². The van der Waals surface area contributed by atoms with Gasteiger partial charge in [-0.2, -0.15) is 0 Å². The van der Waals surface area contributed by atoms with Crippen LogP contribution in [0.1, 0.15) is 54.4 Å². The number of ether oxygens (including phenoxy) is 1. The number of esters is 1.